The number of aliphatic hydroxyl groups is 2. The van der Waals surface area contributed by atoms with E-state index in [2.05, 4.69) is 19.8 Å². The summed E-state index contributed by atoms with van der Waals surface area (Å²) in [4.78, 5) is 43.4. The Balaban J connectivity index is 0.000000320. The van der Waals surface area contributed by atoms with Gasteiger partial charge in [-0.25, -0.2) is 9.59 Å². The molecule has 32 heavy (non-hydrogen) atoms. The van der Waals surface area contributed by atoms with Crippen LogP contribution in [0.1, 0.15) is 25.0 Å². The first-order chi connectivity index (χ1) is 15.4. The number of carbonyl (C=O) groups is 2. The number of nitroso groups, excluding NO2 is 2. The van der Waals surface area contributed by atoms with Crippen LogP contribution >= 0.6 is 0 Å². The molecule has 0 unspecified atom stereocenters. The highest BCUT2D eigenvalue weighted by Gasteiger charge is 2.19. The van der Waals surface area contributed by atoms with E-state index in [-0.39, 0.29) is 13.2 Å². The summed E-state index contributed by atoms with van der Waals surface area (Å²) in [6.45, 7) is 3.42. The van der Waals surface area contributed by atoms with Crippen molar-refractivity contribution in [1.82, 2.24) is 0 Å². The van der Waals surface area contributed by atoms with Crippen LogP contribution in [0.5, 0.6) is 0 Å². The maximum absolute atomic E-state index is 11.3. The quantitative estimate of drug-likeness (QED) is 0.263. The van der Waals surface area contributed by atoms with Gasteiger partial charge < -0.3 is 19.7 Å². The molecule has 0 fully saturated rings. The van der Waals surface area contributed by atoms with Gasteiger partial charge in [0.2, 0.25) is 11.4 Å². The molecule has 2 N–H and O–H groups in total. The molecular formula is C22H22N2O8. The zero-order valence-electron chi connectivity index (χ0n) is 17.4. The van der Waals surface area contributed by atoms with Crippen LogP contribution in [0.15, 0.2) is 82.4 Å². The number of rotatable bonds is 8. The van der Waals surface area contributed by atoms with Crippen molar-refractivity contribution in [3.05, 3.63) is 93.0 Å². The average Bonchev–Trinajstić information content (AvgIpc) is 2.82. The van der Waals surface area contributed by atoms with Gasteiger partial charge in [-0.1, -0.05) is 60.7 Å². The highest BCUT2D eigenvalue weighted by molar-refractivity contribution is 5.96. The van der Waals surface area contributed by atoms with Crippen molar-refractivity contribution in [3.8, 4) is 0 Å². The van der Waals surface area contributed by atoms with Gasteiger partial charge in [0.05, 0.1) is 13.2 Å². The van der Waals surface area contributed by atoms with Crippen molar-refractivity contribution in [3.63, 3.8) is 0 Å². The molecular weight excluding hydrogens is 420 g/mol. The summed E-state index contributed by atoms with van der Waals surface area (Å²) in [7, 11) is 0. The Kier molecular flexibility index (Phi) is 11.1. The minimum absolute atomic E-state index is 0.111. The number of benzene rings is 2. The lowest BCUT2D eigenvalue weighted by Crippen LogP contribution is -2.08. The first-order valence-corrected chi connectivity index (χ1v) is 9.39. The summed E-state index contributed by atoms with van der Waals surface area (Å²) >= 11 is 0. The summed E-state index contributed by atoms with van der Waals surface area (Å²) in [6.07, 6.45) is 0. The summed E-state index contributed by atoms with van der Waals surface area (Å²) in [5, 5.41) is 24.3. The molecule has 0 radical (unpaired) electrons. The largest absolute Gasteiger partial charge is 0.505 e. The predicted octanol–water partition coefficient (Wildman–Crippen LogP) is 4.49. The molecule has 0 aliphatic heterocycles. The number of esters is 2. The van der Waals surface area contributed by atoms with E-state index in [4.69, 9.17) is 0 Å². The number of hydrogen-bond acceptors (Lipinski definition) is 10. The molecule has 0 saturated carbocycles. The normalized spacial score (nSPS) is 11.6. The number of nitrogens with zero attached hydrogens (tertiary/aromatic N) is 2. The van der Waals surface area contributed by atoms with E-state index in [1.807, 2.05) is 0 Å². The lowest BCUT2D eigenvalue weighted by Gasteiger charge is -2.03. The van der Waals surface area contributed by atoms with Gasteiger partial charge in [-0.15, -0.1) is 9.81 Å². The van der Waals surface area contributed by atoms with Gasteiger partial charge in [0.1, 0.15) is 0 Å². The molecule has 10 nitrogen and oxygen atoms in total. The molecule has 0 bridgehead atoms. The molecule has 0 spiro atoms. The van der Waals surface area contributed by atoms with Crippen molar-refractivity contribution in [2.24, 2.45) is 10.4 Å². The molecule has 0 aromatic heterocycles. The van der Waals surface area contributed by atoms with Crippen LogP contribution in [0.2, 0.25) is 0 Å². The van der Waals surface area contributed by atoms with Gasteiger partial charge >= 0.3 is 11.9 Å². The van der Waals surface area contributed by atoms with Crippen LogP contribution in [0.25, 0.3) is 11.5 Å². The fraction of sp³-hybridized carbons (Fsp3) is 0.182. The molecule has 2 aromatic carbocycles. The van der Waals surface area contributed by atoms with Gasteiger partial charge in [0.25, 0.3) is 0 Å². The second-order valence-corrected chi connectivity index (χ2v) is 5.75. The Morgan fingerprint density at radius 2 is 1.00 bits per heavy atom. The predicted molar refractivity (Wildman–Crippen MR) is 117 cm³/mol. The fourth-order valence-corrected chi connectivity index (χ4v) is 2.22. The summed E-state index contributed by atoms with van der Waals surface area (Å²) < 4.78 is 9.17. The molecule has 0 aliphatic carbocycles. The monoisotopic (exact) mass is 442 g/mol. The summed E-state index contributed by atoms with van der Waals surface area (Å²) in [5.74, 6) is -2.82. The highest BCUT2D eigenvalue weighted by Crippen LogP contribution is 2.18. The van der Waals surface area contributed by atoms with E-state index in [1.165, 1.54) is 0 Å². The second kappa shape index (κ2) is 13.8. The minimum Gasteiger partial charge on any atom is -0.505 e. The lowest BCUT2D eigenvalue weighted by atomic mass is 10.1. The number of aliphatic hydroxyl groups excluding tert-OH is 2. The smallest absolute Gasteiger partial charge is 0.364 e. The summed E-state index contributed by atoms with van der Waals surface area (Å²) in [6, 6.07) is 16.4. The Morgan fingerprint density at radius 3 is 1.25 bits per heavy atom. The topological polar surface area (TPSA) is 152 Å². The lowest BCUT2D eigenvalue weighted by molar-refractivity contribution is -0.139. The maximum atomic E-state index is 11.3. The Hall–Kier alpha value is -4.34. The summed E-state index contributed by atoms with van der Waals surface area (Å²) in [5.41, 5.74) is -0.559. The Morgan fingerprint density at radius 1 is 0.688 bits per heavy atom. The first-order valence-electron chi connectivity index (χ1n) is 9.39. The zero-order valence-corrected chi connectivity index (χ0v) is 17.4. The van der Waals surface area contributed by atoms with Crippen molar-refractivity contribution in [2.75, 3.05) is 13.2 Å². The first kappa shape index (κ1) is 25.7. The van der Waals surface area contributed by atoms with Crippen LogP contribution in [0, 0.1) is 9.81 Å². The molecule has 10 heteroatoms. The van der Waals surface area contributed by atoms with E-state index >= 15 is 0 Å². The van der Waals surface area contributed by atoms with Crippen molar-refractivity contribution in [1.29, 1.82) is 0 Å². The third kappa shape index (κ3) is 7.48. The minimum atomic E-state index is -0.932. The van der Waals surface area contributed by atoms with Crippen LogP contribution in [0.4, 0.5) is 0 Å². The molecule has 0 saturated heterocycles. The fourth-order valence-electron chi connectivity index (χ4n) is 2.22. The third-order valence-corrected chi connectivity index (χ3v) is 3.66. The van der Waals surface area contributed by atoms with E-state index in [9.17, 15) is 29.6 Å². The van der Waals surface area contributed by atoms with Gasteiger partial charge in [0, 0.05) is 11.1 Å². The van der Waals surface area contributed by atoms with Gasteiger partial charge in [-0.3, -0.25) is 0 Å². The van der Waals surface area contributed by atoms with Gasteiger partial charge in [0.15, 0.2) is 11.5 Å². The molecule has 0 atom stereocenters. The standard InChI is InChI=1S/2C11H11NO4/c2*1-2-16-11(14)9(12-15)10(13)8-6-4-3-5-7-8/h2*3-7,13H,2H2,1H3/b2*10-9+. The number of carbonyl (C=O) groups excluding carboxylic acids is 2. The molecule has 0 heterocycles. The van der Waals surface area contributed by atoms with E-state index in [0.29, 0.717) is 11.1 Å². The number of ether oxygens (including phenoxy) is 2. The second-order valence-electron chi connectivity index (χ2n) is 5.75. The molecule has 2 aromatic rings. The van der Waals surface area contributed by atoms with Gasteiger partial charge in [-0.2, -0.15) is 0 Å². The third-order valence-electron chi connectivity index (χ3n) is 3.66. The highest BCUT2D eigenvalue weighted by atomic mass is 16.5. The van der Waals surface area contributed by atoms with Crippen LogP contribution < -0.4 is 0 Å². The molecule has 168 valence electrons. The van der Waals surface area contributed by atoms with E-state index < -0.39 is 34.9 Å². The van der Waals surface area contributed by atoms with Gasteiger partial charge in [-0.05, 0) is 24.2 Å². The van der Waals surface area contributed by atoms with Crippen molar-refractivity contribution < 1.29 is 29.3 Å². The number of hydrogen-bond donors (Lipinski definition) is 2. The van der Waals surface area contributed by atoms with Crippen molar-refractivity contribution in [2.45, 2.75) is 13.8 Å². The average molecular weight is 442 g/mol. The molecule has 0 amide bonds. The molecule has 2 rings (SSSR count). The van der Waals surface area contributed by atoms with Crippen LogP contribution in [-0.4, -0.2) is 35.4 Å². The van der Waals surface area contributed by atoms with E-state index in [1.54, 1.807) is 74.5 Å². The van der Waals surface area contributed by atoms with Crippen LogP contribution in [0.3, 0.4) is 0 Å². The maximum Gasteiger partial charge on any atom is 0.364 e. The SMILES string of the molecule is CCOC(=O)/C(N=O)=C(\O)c1ccccc1.CCOC(=O)/C(N=O)=C(\O)c1ccccc1. The molecule has 0 aliphatic rings. The zero-order chi connectivity index (χ0) is 23.9. The van der Waals surface area contributed by atoms with Crippen LogP contribution in [-0.2, 0) is 19.1 Å². The Labute approximate surface area is 183 Å². The van der Waals surface area contributed by atoms with Crippen molar-refractivity contribution >= 4 is 23.5 Å². The Bertz CT molecular complexity index is 904. The van der Waals surface area contributed by atoms with E-state index in [0.717, 1.165) is 0 Å².